The summed E-state index contributed by atoms with van der Waals surface area (Å²) in [6.45, 7) is 6.46. The molecule has 3 rings (SSSR count). The lowest BCUT2D eigenvalue weighted by molar-refractivity contribution is 0.0354. The topological polar surface area (TPSA) is 66.9 Å². The molecule has 174 valence electrons. The van der Waals surface area contributed by atoms with Gasteiger partial charge in [-0.15, -0.1) is 0 Å². The summed E-state index contributed by atoms with van der Waals surface area (Å²) in [5, 5.41) is 11.2. The summed E-state index contributed by atoms with van der Waals surface area (Å²) in [7, 11) is 3.66. The first-order valence-corrected chi connectivity index (χ1v) is 11.9. The lowest BCUT2D eigenvalue weighted by atomic mass is 9.83. The lowest BCUT2D eigenvalue weighted by Gasteiger charge is -2.41. The fraction of sp³-hybridized carbons (Fsp3) is 0.720. The number of benzene rings is 1. The zero-order valence-corrected chi connectivity index (χ0v) is 19.7. The van der Waals surface area contributed by atoms with Crippen LogP contribution in [0.1, 0.15) is 63.5 Å². The number of methoxy groups -OCH3 is 1. The van der Waals surface area contributed by atoms with E-state index in [1.807, 2.05) is 7.05 Å². The molecular weight excluding hydrogens is 388 g/mol. The Hall–Kier alpha value is -1.63. The van der Waals surface area contributed by atoms with Crippen molar-refractivity contribution in [2.75, 3.05) is 47.1 Å². The highest BCUT2D eigenvalue weighted by molar-refractivity contribution is 5.79. The van der Waals surface area contributed by atoms with Gasteiger partial charge < -0.3 is 25.4 Å². The molecule has 0 aromatic heterocycles. The molecule has 1 atom stereocenters. The summed E-state index contributed by atoms with van der Waals surface area (Å²) >= 11 is 0. The maximum atomic E-state index is 5.69. The van der Waals surface area contributed by atoms with Gasteiger partial charge in [-0.2, -0.15) is 0 Å². The van der Waals surface area contributed by atoms with Gasteiger partial charge in [-0.05, 0) is 50.0 Å². The van der Waals surface area contributed by atoms with Crippen molar-refractivity contribution in [3.05, 3.63) is 35.9 Å². The standard InChI is InChI=1S/C25H42N4O2/c1-21(22-9-5-4-6-10-22)29-25(14-17-31-18-15-25)20-28-23(26-2)27-19-24(13-16-30-3)11-7-8-12-24/h4-6,9-10,21,29H,7-8,11-20H2,1-3H3,(H2,26,27,28). The van der Waals surface area contributed by atoms with E-state index in [1.165, 1.54) is 31.2 Å². The molecule has 1 aromatic rings. The Morgan fingerprint density at radius 1 is 1.06 bits per heavy atom. The van der Waals surface area contributed by atoms with Gasteiger partial charge in [0.25, 0.3) is 0 Å². The quantitative estimate of drug-likeness (QED) is 0.391. The molecule has 1 aliphatic heterocycles. The molecule has 0 amide bonds. The van der Waals surface area contributed by atoms with E-state index in [1.54, 1.807) is 7.11 Å². The minimum atomic E-state index is -0.00771. The zero-order valence-electron chi connectivity index (χ0n) is 19.7. The predicted octanol–water partition coefficient (Wildman–Crippen LogP) is 3.65. The average Bonchev–Trinajstić information content (AvgIpc) is 3.28. The highest BCUT2D eigenvalue weighted by Gasteiger charge is 2.35. The number of hydrogen-bond acceptors (Lipinski definition) is 4. The van der Waals surface area contributed by atoms with Crippen molar-refractivity contribution < 1.29 is 9.47 Å². The Labute approximate surface area is 188 Å². The van der Waals surface area contributed by atoms with Crippen molar-refractivity contribution in [3.63, 3.8) is 0 Å². The van der Waals surface area contributed by atoms with Crippen molar-refractivity contribution in [2.45, 2.75) is 63.5 Å². The molecule has 1 heterocycles. The summed E-state index contributed by atoms with van der Waals surface area (Å²) in [5.74, 6) is 0.892. The van der Waals surface area contributed by atoms with Gasteiger partial charge in [0, 0.05) is 58.6 Å². The monoisotopic (exact) mass is 430 g/mol. The van der Waals surface area contributed by atoms with Crippen molar-refractivity contribution in [1.29, 1.82) is 0 Å². The van der Waals surface area contributed by atoms with E-state index in [-0.39, 0.29) is 11.6 Å². The van der Waals surface area contributed by atoms with Gasteiger partial charge in [-0.3, -0.25) is 4.99 Å². The van der Waals surface area contributed by atoms with Crippen LogP contribution in [0.4, 0.5) is 0 Å². The predicted molar refractivity (Wildman–Crippen MR) is 128 cm³/mol. The summed E-state index contributed by atoms with van der Waals surface area (Å²) in [6.07, 6.45) is 8.29. The fourth-order valence-electron chi connectivity index (χ4n) is 5.12. The third-order valence-electron chi connectivity index (χ3n) is 7.22. The second kappa shape index (κ2) is 11.8. The first-order chi connectivity index (χ1) is 15.1. The summed E-state index contributed by atoms with van der Waals surface area (Å²) in [4.78, 5) is 4.52. The maximum Gasteiger partial charge on any atom is 0.191 e. The smallest absolute Gasteiger partial charge is 0.191 e. The Morgan fingerprint density at radius 3 is 2.39 bits per heavy atom. The Morgan fingerprint density at radius 2 is 1.74 bits per heavy atom. The van der Waals surface area contributed by atoms with Gasteiger partial charge in [0.1, 0.15) is 0 Å². The van der Waals surface area contributed by atoms with E-state index in [4.69, 9.17) is 9.47 Å². The van der Waals surface area contributed by atoms with E-state index < -0.39 is 0 Å². The van der Waals surface area contributed by atoms with Crippen LogP contribution in [0.5, 0.6) is 0 Å². The van der Waals surface area contributed by atoms with Gasteiger partial charge in [0.05, 0.1) is 0 Å². The van der Waals surface area contributed by atoms with Crippen LogP contribution in [0.3, 0.4) is 0 Å². The van der Waals surface area contributed by atoms with E-state index in [0.29, 0.717) is 5.41 Å². The number of nitrogens with zero attached hydrogens (tertiary/aromatic N) is 1. The minimum absolute atomic E-state index is 0.00771. The number of hydrogen-bond donors (Lipinski definition) is 3. The molecule has 0 spiro atoms. The zero-order chi connectivity index (χ0) is 22.0. The molecular formula is C25H42N4O2. The van der Waals surface area contributed by atoms with Gasteiger partial charge in [-0.1, -0.05) is 43.2 Å². The Bertz CT molecular complexity index is 667. The molecule has 3 N–H and O–H groups in total. The van der Waals surface area contributed by atoms with E-state index in [9.17, 15) is 0 Å². The molecule has 0 bridgehead atoms. The minimum Gasteiger partial charge on any atom is -0.385 e. The van der Waals surface area contributed by atoms with Crippen molar-refractivity contribution in [3.8, 4) is 0 Å². The first kappa shape index (κ1) is 24.0. The fourth-order valence-corrected chi connectivity index (χ4v) is 5.12. The normalized spacial score (nSPS) is 21.6. The van der Waals surface area contributed by atoms with Crippen LogP contribution < -0.4 is 16.0 Å². The van der Waals surface area contributed by atoms with Gasteiger partial charge in [0.2, 0.25) is 0 Å². The van der Waals surface area contributed by atoms with Gasteiger partial charge >= 0.3 is 0 Å². The number of ether oxygens (including phenoxy) is 2. The molecule has 1 aromatic carbocycles. The second-order valence-corrected chi connectivity index (χ2v) is 9.40. The maximum absolute atomic E-state index is 5.69. The average molecular weight is 431 g/mol. The molecule has 2 aliphatic rings. The van der Waals surface area contributed by atoms with Crippen LogP contribution in [0.25, 0.3) is 0 Å². The molecule has 1 unspecified atom stereocenters. The molecule has 2 fully saturated rings. The summed E-state index contributed by atoms with van der Waals surface area (Å²) in [6, 6.07) is 11.0. The Balaban J connectivity index is 1.58. The Kier molecular flexibility index (Phi) is 9.17. The SMILES string of the molecule is CN=C(NCC1(CCOC)CCCC1)NCC1(NC(C)c2ccccc2)CCOCC1. The first-order valence-electron chi connectivity index (χ1n) is 11.9. The van der Waals surface area contributed by atoms with Crippen LogP contribution in [-0.2, 0) is 9.47 Å². The van der Waals surface area contributed by atoms with Crippen LogP contribution in [-0.4, -0.2) is 58.6 Å². The number of nitrogens with one attached hydrogen (secondary N) is 3. The van der Waals surface area contributed by atoms with Gasteiger partial charge in [-0.25, -0.2) is 0 Å². The van der Waals surface area contributed by atoms with E-state index in [0.717, 1.165) is 58.1 Å². The molecule has 31 heavy (non-hydrogen) atoms. The second-order valence-electron chi connectivity index (χ2n) is 9.40. The molecule has 6 nitrogen and oxygen atoms in total. The largest absolute Gasteiger partial charge is 0.385 e. The molecule has 1 saturated heterocycles. The molecule has 6 heteroatoms. The number of guanidine groups is 1. The lowest BCUT2D eigenvalue weighted by Crippen LogP contribution is -2.58. The third-order valence-corrected chi connectivity index (χ3v) is 7.22. The van der Waals surface area contributed by atoms with Crippen LogP contribution in [0.2, 0.25) is 0 Å². The van der Waals surface area contributed by atoms with E-state index >= 15 is 0 Å². The number of rotatable bonds is 10. The number of aliphatic imine (C=N–C) groups is 1. The van der Waals surface area contributed by atoms with Crippen LogP contribution in [0.15, 0.2) is 35.3 Å². The third kappa shape index (κ3) is 6.93. The van der Waals surface area contributed by atoms with Crippen molar-refractivity contribution >= 4 is 5.96 Å². The van der Waals surface area contributed by atoms with E-state index in [2.05, 4.69) is 58.2 Å². The van der Waals surface area contributed by atoms with Crippen LogP contribution in [0, 0.1) is 5.41 Å². The van der Waals surface area contributed by atoms with Crippen LogP contribution >= 0.6 is 0 Å². The summed E-state index contributed by atoms with van der Waals surface area (Å²) < 4.78 is 11.1. The highest BCUT2D eigenvalue weighted by atomic mass is 16.5. The summed E-state index contributed by atoms with van der Waals surface area (Å²) in [5.41, 5.74) is 1.65. The van der Waals surface area contributed by atoms with Gasteiger partial charge in [0.15, 0.2) is 5.96 Å². The van der Waals surface area contributed by atoms with Crippen molar-refractivity contribution in [2.24, 2.45) is 10.4 Å². The molecule has 1 aliphatic carbocycles. The van der Waals surface area contributed by atoms with Crippen molar-refractivity contribution in [1.82, 2.24) is 16.0 Å². The molecule has 1 saturated carbocycles. The highest BCUT2D eigenvalue weighted by Crippen LogP contribution is 2.40. The molecule has 0 radical (unpaired) electrons.